The predicted octanol–water partition coefficient (Wildman–Crippen LogP) is 3.16. The number of hydrogen-bond acceptors (Lipinski definition) is 4. The molecule has 7 heteroatoms. The molecule has 0 aliphatic rings. The van der Waals surface area contributed by atoms with Crippen LogP contribution in [0.1, 0.15) is 27.4 Å². The van der Waals surface area contributed by atoms with Crippen LogP contribution in [0.3, 0.4) is 0 Å². The van der Waals surface area contributed by atoms with Crippen molar-refractivity contribution in [1.29, 1.82) is 0 Å². The number of halogens is 3. The van der Waals surface area contributed by atoms with Gasteiger partial charge in [0.25, 0.3) is 0 Å². The van der Waals surface area contributed by atoms with E-state index in [0.717, 1.165) is 12.1 Å². The fraction of sp³-hybridized carbons (Fsp3) is 0.214. The monoisotopic (exact) mass is 296 g/mol. The van der Waals surface area contributed by atoms with Gasteiger partial charge in [0, 0.05) is 6.20 Å². The second-order valence-corrected chi connectivity index (χ2v) is 4.22. The van der Waals surface area contributed by atoms with E-state index < -0.39 is 17.8 Å². The molecule has 0 spiro atoms. The molecule has 2 aromatic heterocycles. The van der Waals surface area contributed by atoms with Crippen molar-refractivity contribution in [3.8, 4) is 0 Å². The Kier molecular flexibility index (Phi) is 4.21. The zero-order valence-corrected chi connectivity index (χ0v) is 11.0. The van der Waals surface area contributed by atoms with E-state index in [-0.39, 0.29) is 17.9 Å². The Labute approximate surface area is 118 Å². The zero-order valence-electron chi connectivity index (χ0n) is 11.0. The standard InChI is InChI=1S/C14H11F3N2O2/c1-9-11(5-6-12(19-9)14(15,16)17)13(20)21-8-10-4-2-3-7-18-10/h2-7H,8H2,1H3. The summed E-state index contributed by atoms with van der Waals surface area (Å²) in [4.78, 5) is 19.2. The number of aromatic nitrogens is 2. The van der Waals surface area contributed by atoms with Gasteiger partial charge in [0.15, 0.2) is 0 Å². The van der Waals surface area contributed by atoms with Crippen LogP contribution in [0.4, 0.5) is 13.2 Å². The quantitative estimate of drug-likeness (QED) is 0.816. The van der Waals surface area contributed by atoms with Gasteiger partial charge in [-0.1, -0.05) is 6.07 Å². The van der Waals surface area contributed by atoms with E-state index in [4.69, 9.17) is 4.74 Å². The van der Waals surface area contributed by atoms with Crippen LogP contribution >= 0.6 is 0 Å². The molecule has 2 rings (SSSR count). The van der Waals surface area contributed by atoms with Crippen molar-refractivity contribution in [1.82, 2.24) is 9.97 Å². The molecule has 0 N–H and O–H groups in total. The summed E-state index contributed by atoms with van der Waals surface area (Å²) < 4.78 is 42.4. The Morgan fingerprint density at radius 1 is 1.24 bits per heavy atom. The lowest BCUT2D eigenvalue weighted by Crippen LogP contribution is -2.13. The van der Waals surface area contributed by atoms with Gasteiger partial charge in [-0.3, -0.25) is 4.98 Å². The first-order valence-electron chi connectivity index (χ1n) is 6.00. The number of esters is 1. The maximum absolute atomic E-state index is 12.5. The highest BCUT2D eigenvalue weighted by Crippen LogP contribution is 2.28. The molecule has 0 aliphatic carbocycles. The molecule has 0 radical (unpaired) electrons. The number of pyridine rings is 2. The molecule has 0 aliphatic heterocycles. The van der Waals surface area contributed by atoms with Crippen molar-refractivity contribution in [3.05, 3.63) is 59.2 Å². The van der Waals surface area contributed by atoms with Gasteiger partial charge in [-0.15, -0.1) is 0 Å². The number of hydrogen-bond donors (Lipinski definition) is 0. The lowest BCUT2D eigenvalue weighted by atomic mass is 10.2. The molecule has 2 aromatic rings. The van der Waals surface area contributed by atoms with E-state index in [0.29, 0.717) is 5.69 Å². The summed E-state index contributed by atoms with van der Waals surface area (Å²) >= 11 is 0. The first-order valence-corrected chi connectivity index (χ1v) is 6.00. The third kappa shape index (κ3) is 3.77. The smallest absolute Gasteiger partial charge is 0.433 e. The lowest BCUT2D eigenvalue weighted by Gasteiger charge is -2.10. The highest BCUT2D eigenvalue weighted by Gasteiger charge is 2.33. The molecular weight excluding hydrogens is 285 g/mol. The van der Waals surface area contributed by atoms with Crippen LogP contribution in [0, 0.1) is 6.92 Å². The van der Waals surface area contributed by atoms with Crippen molar-refractivity contribution in [3.63, 3.8) is 0 Å². The molecule has 0 fully saturated rings. The van der Waals surface area contributed by atoms with Gasteiger partial charge in [0.05, 0.1) is 17.0 Å². The van der Waals surface area contributed by atoms with Crippen molar-refractivity contribution in [2.24, 2.45) is 0 Å². The van der Waals surface area contributed by atoms with Gasteiger partial charge < -0.3 is 4.74 Å². The van der Waals surface area contributed by atoms with Crippen LogP contribution in [0.25, 0.3) is 0 Å². The minimum absolute atomic E-state index is 0.000990. The molecule has 0 saturated carbocycles. The van der Waals surface area contributed by atoms with E-state index in [1.165, 1.54) is 6.92 Å². The summed E-state index contributed by atoms with van der Waals surface area (Å²) in [5.41, 5.74) is -0.528. The molecule has 0 amide bonds. The fourth-order valence-electron chi connectivity index (χ4n) is 1.64. The van der Waals surface area contributed by atoms with Crippen LogP contribution in [-0.2, 0) is 17.5 Å². The summed E-state index contributed by atoms with van der Waals surface area (Å²) in [6.45, 7) is 1.27. The van der Waals surface area contributed by atoms with Crippen LogP contribution in [0.15, 0.2) is 36.5 Å². The van der Waals surface area contributed by atoms with E-state index in [1.807, 2.05) is 0 Å². The minimum Gasteiger partial charge on any atom is -0.456 e. The largest absolute Gasteiger partial charge is 0.456 e. The highest BCUT2D eigenvalue weighted by molar-refractivity contribution is 5.90. The van der Waals surface area contributed by atoms with Crippen LogP contribution in [0.5, 0.6) is 0 Å². The summed E-state index contributed by atoms with van der Waals surface area (Å²) in [6.07, 6.45) is -2.99. The topological polar surface area (TPSA) is 52.1 Å². The molecule has 0 atom stereocenters. The van der Waals surface area contributed by atoms with Crippen LogP contribution in [0.2, 0.25) is 0 Å². The van der Waals surface area contributed by atoms with Gasteiger partial charge in [0.2, 0.25) is 0 Å². The minimum atomic E-state index is -4.54. The second kappa shape index (κ2) is 5.90. The van der Waals surface area contributed by atoms with E-state index in [9.17, 15) is 18.0 Å². The summed E-state index contributed by atoms with van der Waals surface area (Å²) in [5.74, 6) is -0.737. The number of nitrogens with zero attached hydrogens (tertiary/aromatic N) is 2. The third-order valence-electron chi connectivity index (χ3n) is 2.67. The predicted molar refractivity (Wildman–Crippen MR) is 67.3 cm³/mol. The average molecular weight is 296 g/mol. The molecule has 0 saturated heterocycles. The van der Waals surface area contributed by atoms with Gasteiger partial charge >= 0.3 is 12.1 Å². The fourth-order valence-corrected chi connectivity index (χ4v) is 1.64. The SMILES string of the molecule is Cc1nc(C(F)(F)F)ccc1C(=O)OCc1ccccn1. The maximum atomic E-state index is 12.5. The number of alkyl halides is 3. The first-order chi connectivity index (χ1) is 9.88. The third-order valence-corrected chi connectivity index (χ3v) is 2.67. The van der Waals surface area contributed by atoms with Crippen LogP contribution in [-0.4, -0.2) is 15.9 Å². The zero-order chi connectivity index (χ0) is 15.5. The van der Waals surface area contributed by atoms with Crippen molar-refractivity contribution in [2.45, 2.75) is 19.7 Å². The Balaban J connectivity index is 2.09. The Morgan fingerprint density at radius 3 is 2.57 bits per heavy atom. The van der Waals surface area contributed by atoms with Gasteiger partial charge in [-0.25, -0.2) is 9.78 Å². The lowest BCUT2D eigenvalue weighted by molar-refractivity contribution is -0.141. The van der Waals surface area contributed by atoms with Crippen molar-refractivity contribution < 1.29 is 22.7 Å². The Morgan fingerprint density at radius 2 is 2.00 bits per heavy atom. The average Bonchev–Trinajstić information content (AvgIpc) is 2.45. The number of aryl methyl sites for hydroxylation is 1. The number of carbonyl (C=O) groups excluding carboxylic acids is 1. The number of carbonyl (C=O) groups is 1. The molecule has 0 bridgehead atoms. The second-order valence-electron chi connectivity index (χ2n) is 4.22. The molecule has 2 heterocycles. The van der Waals surface area contributed by atoms with Crippen molar-refractivity contribution in [2.75, 3.05) is 0 Å². The number of ether oxygens (including phenoxy) is 1. The highest BCUT2D eigenvalue weighted by atomic mass is 19.4. The van der Waals surface area contributed by atoms with Gasteiger partial charge in [-0.05, 0) is 31.2 Å². The van der Waals surface area contributed by atoms with Gasteiger partial charge in [-0.2, -0.15) is 13.2 Å². The molecule has 21 heavy (non-hydrogen) atoms. The van der Waals surface area contributed by atoms with Gasteiger partial charge in [0.1, 0.15) is 12.3 Å². The van der Waals surface area contributed by atoms with Crippen molar-refractivity contribution >= 4 is 5.97 Å². The summed E-state index contributed by atoms with van der Waals surface area (Å²) in [7, 11) is 0. The molecule has 110 valence electrons. The summed E-state index contributed by atoms with van der Waals surface area (Å²) in [5, 5.41) is 0. The first kappa shape index (κ1) is 15.0. The van der Waals surface area contributed by atoms with Crippen LogP contribution < -0.4 is 0 Å². The molecule has 0 aromatic carbocycles. The normalized spacial score (nSPS) is 11.2. The molecular formula is C14H11F3N2O2. The van der Waals surface area contributed by atoms with E-state index in [1.54, 1.807) is 24.4 Å². The molecule has 4 nitrogen and oxygen atoms in total. The number of rotatable bonds is 3. The van der Waals surface area contributed by atoms with E-state index in [2.05, 4.69) is 9.97 Å². The molecule has 0 unspecified atom stereocenters. The van der Waals surface area contributed by atoms with E-state index >= 15 is 0 Å². The Bertz CT molecular complexity index is 642. The Hall–Kier alpha value is -2.44. The maximum Gasteiger partial charge on any atom is 0.433 e. The summed E-state index contributed by atoms with van der Waals surface area (Å²) in [6, 6.07) is 6.94.